The number of hydrogen-bond acceptors (Lipinski definition) is 5. The fourth-order valence-electron chi connectivity index (χ4n) is 2.17. The lowest BCUT2D eigenvalue weighted by atomic mass is 9.94. The minimum atomic E-state index is -0.769. The Morgan fingerprint density at radius 3 is 2.65 bits per heavy atom. The van der Waals surface area contributed by atoms with Gasteiger partial charge in [-0.15, -0.1) is 0 Å². The first-order chi connectivity index (χ1) is 10.8. The minimum Gasteiger partial charge on any atom is -0.390 e. The van der Waals surface area contributed by atoms with Crippen molar-refractivity contribution in [2.45, 2.75) is 32.0 Å². The topological polar surface area (TPSA) is 93.2 Å². The molecule has 1 unspecified atom stereocenters. The van der Waals surface area contributed by atoms with E-state index in [1.54, 1.807) is 12.1 Å². The second-order valence-corrected chi connectivity index (χ2v) is 5.84. The number of nitrogens with zero attached hydrogens (tertiary/aromatic N) is 3. The molecule has 0 amide bonds. The monoisotopic (exact) mass is 322 g/mol. The molecule has 124 valence electrons. The first-order valence-electron chi connectivity index (χ1n) is 7.14. The Hall–Kier alpha value is -2.32. The van der Waals surface area contributed by atoms with Crippen molar-refractivity contribution in [3.63, 3.8) is 0 Å². The van der Waals surface area contributed by atoms with Crippen molar-refractivity contribution in [2.75, 3.05) is 6.54 Å². The van der Waals surface area contributed by atoms with E-state index in [0.717, 1.165) is 11.8 Å². The van der Waals surface area contributed by atoms with Crippen LogP contribution in [0.15, 0.2) is 36.7 Å². The van der Waals surface area contributed by atoms with E-state index in [1.165, 1.54) is 23.0 Å². The summed E-state index contributed by atoms with van der Waals surface area (Å²) in [5.41, 5.74) is 0.322. The zero-order chi connectivity index (χ0) is 17.0. The standard InChI is InChI=1S/C15H19FN4O3/c1-15(2,11-3-5-12(16)6-4-11)17-8-14(21)10-19-9-13(7-18-19)20(22)23/h3-7,9,14,17,21H,8,10H2,1-2H3. The van der Waals surface area contributed by atoms with Crippen LogP contribution in [0.1, 0.15) is 19.4 Å². The molecule has 7 nitrogen and oxygen atoms in total. The molecule has 0 aliphatic rings. The van der Waals surface area contributed by atoms with Crippen LogP contribution in [0.25, 0.3) is 0 Å². The lowest BCUT2D eigenvalue weighted by Crippen LogP contribution is -2.42. The van der Waals surface area contributed by atoms with E-state index in [-0.39, 0.29) is 24.6 Å². The number of aliphatic hydroxyl groups excluding tert-OH is 1. The summed E-state index contributed by atoms with van der Waals surface area (Å²) in [5, 5.41) is 27.7. The van der Waals surface area contributed by atoms with Crippen LogP contribution in [0.5, 0.6) is 0 Å². The smallest absolute Gasteiger partial charge is 0.306 e. The molecule has 0 aliphatic heterocycles. The average molecular weight is 322 g/mol. The Morgan fingerprint density at radius 2 is 2.09 bits per heavy atom. The van der Waals surface area contributed by atoms with Crippen LogP contribution in [-0.4, -0.2) is 32.5 Å². The Labute approximate surface area is 132 Å². The highest BCUT2D eigenvalue weighted by atomic mass is 19.1. The summed E-state index contributed by atoms with van der Waals surface area (Å²) >= 11 is 0. The summed E-state index contributed by atoms with van der Waals surface area (Å²) in [4.78, 5) is 10.1. The largest absolute Gasteiger partial charge is 0.390 e. The fraction of sp³-hybridized carbons (Fsp3) is 0.400. The van der Waals surface area contributed by atoms with E-state index in [4.69, 9.17) is 0 Å². The molecule has 1 aromatic carbocycles. The number of hydrogen-bond donors (Lipinski definition) is 2. The van der Waals surface area contributed by atoms with Gasteiger partial charge in [-0.05, 0) is 31.5 Å². The molecule has 1 heterocycles. The number of aliphatic hydroxyl groups is 1. The molecule has 1 aromatic heterocycles. The second-order valence-electron chi connectivity index (χ2n) is 5.84. The van der Waals surface area contributed by atoms with Crippen molar-refractivity contribution in [1.29, 1.82) is 0 Å². The van der Waals surface area contributed by atoms with E-state index >= 15 is 0 Å². The van der Waals surface area contributed by atoms with Crippen LogP contribution in [0.3, 0.4) is 0 Å². The van der Waals surface area contributed by atoms with Crippen LogP contribution in [-0.2, 0) is 12.1 Å². The van der Waals surface area contributed by atoms with Gasteiger partial charge in [-0.3, -0.25) is 14.8 Å². The first kappa shape index (κ1) is 17.0. The second kappa shape index (κ2) is 6.84. The van der Waals surface area contributed by atoms with Crippen molar-refractivity contribution in [1.82, 2.24) is 15.1 Å². The SMILES string of the molecule is CC(C)(NCC(O)Cn1cc([N+](=O)[O-])cn1)c1ccc(F)cc1. The zero-order valence-corrected chi connectivity index (χ0v) is 12.9. The summed E-state index contributed by atoms with van der Waals surface area (Å²) in [6.45, 7) is 4.25. The Kier molecular flexibility index (Phi) is 5.07. The van der Waals surface area contributed by atoms with E-state index in [2.05, 4.69) is 10.4 Å². The Morgan fingerprint density at radius 1 is 1.43 bits per heavy atom. The molecule has 0 fully saturated rings. The van der Waals surface area contributed by atoms with Crippen LogP contribution >= 0.6 is 0 Å². The number of aromatic nitrogens is 2. The van der Waals surface area contributed by atoms with Gasteiger partial charge in [0.1, 0.15) is 18.2 Å². The van der Waals surface area contributed by atoms with Gasteiger partial charge in [0.2, 0.25) is 0 Å². The molecule has 2 N–H and O–H groups in total. The number of rotatable bonds is 7. The lowest BCUT2D eigenvalue weighted by molar-refractivity contribution is -0.385. The van der Waals surface area contributed by atoms with Crippen molar-refractivity contribution < 1.29 is 14.4 Å². The third-order valence-electron chi connectivity index (χ3n) is 3.57. The van der Waals surface area contributed by atoms with E-state index in [0.29, 0.717) is 0 Å². The molecule has 2 rings (SSSR count). The van der Waals surface area contributed by atoms with E-state index in [1.807, 2.05) is 13.8 Å². The van der Waals surface area contributed by atoms with Crippen molar-refractivity contribution in [3.05, 3.63) is 58.2 Å². The molecule has 0 spiro atoms. The van der Waals surface area contributed by atoms with Crippen molar-refractivity contribution in [3.8, 4) is 0 Å². The van der Waals surface area contributed by atoms with Gasteiger partial charge in [-0.25, -0.2) is 4.39 Å². The maximum atomic E-state index is 13.0. The van der Waals surface area contributed by atoms with Gasteiger partial charge in [-0.1, -0.05) is 12.1 Å². The molecule has 0 saturated heterocycles. The van der Waals surface area contributed by atoms with Gasteiger partial charge >= 0.3 is 5.69 Å². The predicted molar refractivity (Wildman–Crippen MR) is 82.3 cm³/mol. The molecule has 0 aliphatic carbocycles. The maximum absolute atomic E-state index is 13.0. The summed E-state index contributed by atoms with van der Waals surface area (Å²) in [6, 6.07) is 6.15. The van der Waals surface area contributed by atoms with E-state index in [9.17, 15) is 19.6 Å². The summed E-state index contributed by atoms with van der Waals surface area (Å²) < 4.78 is 14.3. The maximum Gasteiger partial charge on any atom is 0.306 e. The molecular formula is C15H19FN4O3. The van der Waals surface area contributed by atoms with Crippen LogP contribution in [0.2, 0.25) is 0 Å². The Balaban J connectivity index is 1.90. The van der Waals surface area contributed by atoms with Crippen LogP contribution < -0.4 is 5.32 Å². The third-order valence-corrected chi connectivity index (χ3v) is 3.57. The number of halogens is 1. The average Bonchev–Trinajstić information content (AvgIpc) is 2.94. The third kappa shape index (κ3) is 4.57. The van der Waals surface area contributed by atoms with Gasteiger partial charge < -0.3 is 10.4 Å². The summed E-state index contributed by atoms with van der Waals surface area (Å²) in [5.74, 6) is -0.301. The van der Waals surface area contributed by atoms with Gasteiger partial charge in [-0.2, -0.15) is 5.10 Å². The normalized spacial score (nSPS) is 13.0. The molecule has 2 aromatic rings. The molecule has 0 saturated carbocycles. The summed E-state index contributed by atoms with van der Waals surface area (Å²) in [7, 11) is 0. The van der Waals surface area contributed by atoms with Gasteiger partial charge in [0.05, 0.1) is 17.6 Å². The number of nitro groups is 1. The van der Waals surface area contributed by atoms with Gasteiger partial charge in [0.15, 0.2) is 0 Å². The van der Waals surface area contributed by atoms with Crippen LogP contribution in [0.4, 0.5) is 10.1 Å². The molecule has 0 radical (unpaired) electrons. The minimum absolute atomic E-state index is 0.114. The quantitative estimate of drug-likeness (QED) is 0.599. The molecule has 1 atom stereocenters. The first-order valence-corrected chi connectivity index (χ1v) is 7.14. The fourth-order valence-corrected chi connectivity index (χ4v) is 2.17. The molecular weight excluding hydrogens is 303 g/mol. The van der Waals surface area contributed by atoms with Crippen molar-refractivity contribution in [2.24, 2.45) is 0 Å². The van der Waals surface area contributed by atoms with Gasteiger partial charge in [0.25, 0.3) is 0 Å². The molecule has 0 bridgehead atoms. The zero-order valence-electron chi connectivity index (χ0n) is 12.9. The molecule has 23 heavy (non-hydrogen) atoms. The highest BCUT2D eigenvalue weighted by molar-refractivity contribution is 5.23. The predicted octanol–water partition coefficient (Wildman–Crippen LogP) is 1.82. The highest BCUT2D eigenvalue weighted by Crippen LogP contribution is 2.20. The van der Waals surface area contributed by atoms with E-state index < -0.39 is 16.6 Å². The van der Waals surface area contributed by atoms with Gasteiger partial charge in [0, 0.05) is 12.1 Å². The number of benzene rings is 1. The molecule has 8 heteroatoms. The number of nitrogens with one attached hydrogen (secondary N) is 1. The van der Waals surface area contributed by atoms with Crippen LogP contribution in [0, 0.1) is 15.9 Å². The lowest BCUT2D eigenvalue weighted by Gasteiger charge is -2.28. The highest BCUT2D eigenvalue weighted by Gasteiger charge is 2.21. The summed E-state index contributed by atoms with van der Waals surface area (Å²) in [6.07, 6.45) is 1.64. The Bertz CT molecular complexity index is 670. The van der Waals surface area contributed by atoms with Crippen molar-refractivity contribution >= 4 is 5.69 Å².